The number of nitrogens with one attached hydrogen (secondary N) is 1. The van der Waals surface area contributed by atoms with Gasteiger partial charge in [0.15, 0.2) is 5.65 Å². The number of carbonyl (C=O) groups excluding carboxylic acids is 1. The Kier molecular flexibility index (Phi) is 4.31. The lowest BCUT2D eigenvalue weighted by atomic mass is 9.99. The van der Waals surface area contributed by atoms with Crippen LogP contribution in [0.2, 0.25) is 0 Å². The van der Waals surface area contributed by atoms with Gasteiger partial charge in [-0.1, -0.05) is 0 Å². The number of anilines is 1. The van der Waals surface area contributed by atoms with Crippen LogP contribution in [0.25, 0.3) is 5.65 Å². The molecule has 0 bridgehead atoms. The molecule has 2 aromatic heterocycles. The first-order valence-electron chi connectivity index (χ1n) is 8.43. The Morgan fingerprint density at radius 2 is 2.08 bits per heavy atom. The number of ether oxygens (including phenoxy) is 1. The van der Waals surface area contributed by atoms with E-state index in [0.29, 0.717) is 6.54 Å². The van der Waals surface area contributed by atoms with Gasteiger partial charge in [-0.25, -0.2) is 4.98 Å². The number of aromatic nitrogens is 3. The van der Waals surface area contributed by atoms with Crippen molar-refractivity contribution in [1.82, 2.24) is 24.8 Å². The molecule has 2 aliphatic rings. The highest BCUT2D eigenvalue weighted by atomic mass is 16.5. The third-order valence-electron chi connectivity index (χ3n) is 4.68. The second-order valence-electron chi connectivity index (χ2n) is 6.25. The largest absolute Gasteiger partial charge is 0.379 e. The molecule has 2 saturated heterocycles. The summed E-state index contributed by atoms with van der Waals surface area (Å²) in [6.45, 7) is 6.53. The summed E-state index contributed by atoms with van der Waals surface area (Å²) in [6, 6.07) is 3.81. The molecule has 8 nitrogen and oxygen atoms in total. The summed E-state index contributed by atoms with van der Waals surface area (Å²) in [5.74, 6) is 1.18. The van der Waals surface area contributed by atoms with Crippen molar-refractivity contribution in [2.75, 3.05) is 57.4 Å². The van der Waals surface area contributed by atoms with Crippen molar-refractivity contribution in [2.24, 2.45) is 5.92 Å². The predicted molar refractivity (Wildman–Crippen MR) is 89.0 cm³/mol. The molecule has 4 rings (SSSR count). The number of rotatable bonds is 5. The predicted octanol–water partition coefficient (Wildman–Crippen LogP) is -0.386. The minimum absolute atomic E-state index is 0.0495. The molecule has 0 radical (unpaired) electrons. The third-order valence-corrected chi connectivity index (χ3v) is 4.68. The maximum Gasteiger partial charge on any atom is 0.226 e. The van der Waals surface area contributed by atoms with E-state index in [4.69, 9.17) is 4.74 Å². The molecule has 2 aliphatic heterocycles. The number of carbonyl (C=O) groups is 1. The zero-order valence-electron chi connectivity index (χ0n) is 13.6. The lowest BCUT2D eigenvalue weighted by Gasteiger charge is -2.39. The molecular weight excluding hydrogens is 308 g/mol. The van der Waals surface area contributed by atoms with Crippen molar-refractivity contribution in [3.63, 3.8) is 0 Å². The van der Waals surface area contributed by atoms with Gasteiger partial charge < -0.3 is 15.0 Å². The summed E-state index contributed by atoms with van der Waals surface area (Å²) >= 11 is 0. The van der Waals surface area contributed by atoms with E-state index in [-0.39, 0.29) is 11.8 Å². The maximum atomic E-state index is 12.2. The van der Waals surface area contributed by atoms with Gasteiger partial charge in [0.25, 0.3) is 0 Å². The summed E-state index contributed by atoms with van der Waals surface area (Å²) < 4.78 is 7.14. The van der Waals surface area contributed by atoms with Crippen molar-refractivity contribution >= 4 is 17.4 Å². The zero-order chi connectivity index (χ0) is 16.4. The Hall–Kier alpha value is -2.19. The highest BCUT2D eigenvalue weighted by molar-refractivity contribution is 5.81. The zero-order valence-corrected chi connectivity index (χ0v) is 13.6. The van der Waals surface area contributed by atoms with Gasteiger partial charge in [-0.3, -0.25) is 9.69 Å². The van der Waals surface area contributed by atoms with E-state index >= 15 is 0 Å². The highest BCUT2D eigenvalue weighted by Crippen LogP contribution is 2.24. The number of nitrogens with zero attached hydrogens (tertiary/aromatic N) is 5. The molecule has 0 aliphatic carbocycles. The normalized spacial score (nSPS) is 19.4. The van der Waals surface area contributed by atoms with Gasteiger partial charge >= 0.3 is 0 Å². The van der Waals surface area contributed by atoms with Crippen LogP contribution in [0.1, 0.15) is 0 Å². The molecule has 128 valence electrons. The summed E-state index contributed by atoms with van der Waals surface area (Å²) in [5, 5.41) is 7.34. The van der Waals surface area contributed by atoms with Crippen LogP contribution in [0, 0.1) is 5.92 Å². The topological polar surface area (TPSA) is 75.0 Å². The lowest BCUT2D eigenvalue weighted by Crippen LogP contribution is -2.55. The van der Waals surface area contributed by atoms with E-state index in [0.717, 1.165) is 57.4 Å². The van der Waals surface area contributed by atoms with Gasteiger partial charge in [0.05, 0.1) is 25.3 Å². The number of morpholine rings is 1. The number of amides is 1. The highest BCUT2D eigenvalue weighted by Gasteiger charge is 2.33. The van der Waals surface area contributed by atoms with Crippen molar-refractivity contribution in [3.8, 4) is 0 Å². The summed E-state index contributed by atoms with van der Waals surface area (Å²) in [7, 11) is 0. The van der Waals surface area contributed by atoms with E-state index in [9.17, 15) is 4.79 Å². The first-order valence-corrected chi connectivity index (χ1v) is 8.43. The van der Waals surface area contributed by atoms with Crippen LogP contribution in [-0.2, 0) is 9.53 Å². The second kappa shape index (κ2) is 6.74. The van der Waals surface area contributed by atoms with E-state index in [2.05, 4.69) is 25.2 Å². The van der Waals surface area contributed by atoms with Gasteiger partial charge in [-0.2, -0.15) is 9.61 Å². The minimum atomic E-state index is 0.0495. The van der Waals surface area contributed by atoms with Crippen LogP contribution < -0.4 is 10.2 Å². The number of fused-ring (bicyclic) bond motifs is 1. The van der Waals surface area contributed by atoms with Crippen LogP contribution in [0.15, 0.2) is 24.5 Å². The molecule has 24 heavy (non-hydrogen) atoms. The fraction of sp³-hybridized carbons (Fsp3) is 0.562. The average molecular weight is 330 g/mol. The molecule has 8 heteroatoms. The van der Waals surface area contributed by atoms with Gasteiger partial charge in [0.1, 0.15) is 5.82 Å². The van der Waals surface area contributed by atoms with Gasteiger partial charge in [0, 0.05) is 51.5 Å². The molecule has 1 N–H and O–H groups in total. The quantitative estimate of drug-likeness (QED) is 0.805. The van der Waals surface area contributed by atoms with E-state index in [1.165, 1.54) is 0 Å². The SMILES string of the molecule is O=C(NCCN1CCOCC1)C1CN(c2ccnc3ccnn23)C1. The average Bonchev–Trinajstić information content (AvgIpc) is 3.04. The fourth-order valence-electron chi connectivity index (χ4n) is 3.20. The molecular formula is C16H22N6O2. The Balaban J connectivity index is 1.25. The Labute approximate surface area is 140 Å². The Bertz CT molecular complexity index is 705. The van der Waals surface area contributed by atoms with Gasteiger partial charge in [-0.15, -0.1) is 0 Å². The first-order chi connectivity index (χ1) is 11.8. The molecule has 4 heterocycles. The molecule has 0 spiro atoms. The van der Waals surface area contributed by atoms with Crippen LogP contribution in [0.5, 0.6) is 0 Å². The summed E-state index contributed by atoms with van der Waals surface area (Å²) in [5.41, 5.74) is 0.825. The van der Waals surface area contributed by atoms with Gasteiger partial charge in [0.2, 0.25) is 5.91 Å². The number of hydrogen-bond acceptors (Lipinski definition) is 6. The Morgan fingerprint density at radius 3 is 2.92 bits per heavy atom. The number of hydrogen-bond donors (Lipinski definition) is 1. The first kappa shape index (κ1) is 15.3. The molecule has 0 atom stereocenters. The monoisotopic (exact) mass is 330 g/mol. The molecule has 0 aromatic carbocycles. The van der Waals surface area contributed by atoms with Crippen molar-refractivity contribution in [1.29, 1.82) is 0 Å². The third kappa shape index (κ3) is 3.07. The molecule has 2 fully saturated rings. The fourth-order valence-corrected chi connectivity index (χ4v) is 3.20. The van der Waals surface area contributed by atoms with Crippen LogP contribution in [0.4, 0.5) is 5.82 Å². The lowest BCUT2D eigenvalue weighted by molar-refractivity contribution is -0.125. The van der Waals surface area contributed by atoms with Crippen molar-refractivity contribution < 1.29 is 9.53 Å². The smallest absolute Gasteiger partial charge is 0.226 e. The molecule has 0 unspecified atom stereocenters. The molecule has 1 amide bonds. The standard InChI is InChI=1S/C16H22N6O2/c23-16(18-5-6-20-7-9-24-10-8-20)13-11-21(12-13)15-2-3-17-14-1-4-19-22(14)15/h1-4,13H,5-12H2,(H,18,23). The summed E-state index contributed by atoms with van der Waals surface area (Å²) in [6.07, 6.45) is 3.52. The van der Waals surface area contributed by atoms with E-state index in [1.807, 2.05) is 16.6 Å². The van der Waals surface area contributed by atoms with E-state index in [1.54, 1.807) is 12.4 Å². The maximum absolute atomic E-state index is 12.2. The van der Waals surface area contributed by atoms with Crippen LogP contribution >= 0.6 is 0 Å². The van der Waals surface area contributed by atoms with Gasteiger partial charge in [-0.05, 0) is 6.07 Å². The molecule has 0 saturated carbocycles. The van der Waals surface area contributed by atoms with Crippen molar-refractivity contribution in [3.05, 3.63) is 24.5 Å². The van der Waals surface area contributed by atoms with Crippen LogP contribution in [-0.4, -0.2) is 77.9 Å². The molecule has 2 aromatic rings. The van der Waals surface area contributed by atoms with E-state index < -0.39 is 0 Å². The Morgan fingerprint density at radius 1 is 1.25 bits per heavy atom. The second-order valence-corrected chi connectivity index (χ2v) is 6.25. The minimum Gasteiger partial charge on any atom is -0.379 e. The van der Waals surface area contributed by atoms with Crippen LogP contribution in [0.3, 0.4) is 0 Å². The summed E-state index contributed by atoms with van der Waals surface area (Å²) in [4.78, 5) is 21.0. The van der Waals surface area contributed by atoms with Crippen molar-refractivity contribution in [2.45, 2.75) is 0 Å².